The number of rotatable bonds is 3. The van der Waals surface area contributed by atoms with E-state index in [4.69, 9.17) is 0 Å². The Morgan fingerprint density at radius 2 is 1.87 bits per heavy atom. The predicted molar refractivity (Wildman–Crippen MR) is 107 cm³/mol. The number of alkyl halides is 3. The minimum atomic E-state index is -4.72. The third kappa shape index (κ3) is 3.66. The lowest BCUT2D eigenvalue weighted by atomic mass is 9.95. The van der Waals surface area contributed by atoms with E-state index in [1.54, 1.807) is 43.9 Å². The molecular formula is C20H20F3N7O. The Balaban J connectivity index is 1.84. The number of carbonyl (C=O) groups is 1. The fourth-order valence-electron chi connectivity index (χ4n) is 3.64. The second-order valence-electron chi connectivity index (χ2n) is 7.38. The van der Waals surface area contributed by atoms with Crippen molar-refractivity contribution in [3.63, 3.8) is 0 Å². The van der Waals surface area contributed by atoms with Crippen molar-refractivity contribution in [2.75, 3.05) is 10.6 Å². The maximum atomic E-state index is 13.3. The number of hydrogen-bond acceptors (Lipinski definition) is 5. The van der Waals surface area contributed by atoms with Crippen LogP contribution in [0.1, 0.15) is 35.6 Å². The molecule has 0 unspecified atom stereocenters. The van der Waals surface area contributed by atoms with Crippen LogP contribution in [0.5, 0.6) is 0 Å². The highest BCUT2D eigenvalue weighted by Gasteiger charge is 2.42. The number of halogens is 3. The van der Waals surface area contributed by atoms with Crippen molar-refractivity contribution in [2.45, 2.75) is 33.0 Å². The van der Waals surface area contributed by atoms with E-state index in [2.05, 4.69) is 25.8 Å². The highest BCUT2D eigenvalue weighted by atomic mass is 19.4. The van der Waals surface area contributed by atoms with Crippen LogP contribution < -0.4 is 10.6 Å². The molecule has 1 aromatic carbocycles. The number of aryl methyl sites for hydroxylation is 3. The molecule has 0 fully saturated rings. The van der Waals surface area contributed by atoms with E-state index in [1.165, 1.54) is 0 Å². The van der Waals surface area contributed by atoms with Crippen molar-refractivity contribution in [1.82, 2.24) is 24.5 Å². The van der Waals surface area contributed by atoms with Crippen LogP contribution >= 0.6 is 0 Å². The number of carbonyl (C=O) groups excluding carboxylic acids is 1. The number of amides is 1. The Hall–Kier alpha value is -3.63. The first kappa shape index (κ1) is 20.6. The standard InChI is InChI=1S/C20H20F3N7O/c1-10-7-5-6-8-14(10)25-17(31)15-12(3)24-19-26-18(20(21,22)23)28-30(19)16(15)13-9-29(4)27-11(13)2/h5-9,16H,1-4H3,(H,25,31)(H,24,26,28)/t16-/m1/s1. The molecule has 31 heavy (non-hydrogen) atoms. The SMILES string of the molecule is CC1=C(C(=O)Nc2ccccc2C)[C@@H](c2cn(C)nc2C)n2nc(C(F)(F)F)nc2N1. The minimum absolute atomic E-state index is 0.0921. The molecule has 0 saturated carbocycles. The maximum Gasteiger partial charge on any atom is 0.453 e. The molecule has 0 saturated heterocycles. The van der Waals surface area contributed by atoms with Gasteiger partial charge in [-0.05, 0) is 32.4 Å². The summed E-state index contributed by atoms with van der Waals surface area (Å²) in [7, 11) is 1.70. The largest absolute Gasteiger partial charge is 0.453 e. The monoisotopic (exact) mass is 431 g/mol. The van der Waals surface area contributed by atoms with Gasteiger partial charge in [0.1, 0.15) is 6.04 Å². The summed E-state index contributed by atoms with van der Waals surface area (Å²) in [5.41, 5.74) is 3.19. The van der Waals surface area contributed by atoms with Crippen LogP contribution in [0, 0.1) is 13.8 Å². The molecule has 8 nitrogen and oxygen atoms in total. The van der Waals surface area contributed by atoms with E-state index >= 15 is 0 Å². The number of allylic oxidation sites excluding steroid dienone is 1. The second-order valence-corrected chi connectivity index (χ2v) is 7.38. The maximum absolute atomic E-state index is 13.3. The molecular weight excluding hydrogens is 411 g/mol. The van der Waals surface area contributed by atoms with Crippen molar-refractivity contribution < 1.29 is 18.0 Å². The molecule has 1 amide bonds. The predicted octanol–water partition coefficient (Wildman–Crippen LogP) is 3.57. The summed E-state index contributed by atoms with van der Waals surface area (Å²) in [5, 5.41) is 13.6. The molecule has 3 heterocycles. The average molecular weight is 431 g/mol. The molecule has 1 atom stereocenters. The number of benzene rings is 1. The van der Waals surface area contributed by atoms with Gasteiger partial charge in [0.25, 0.3) is 11.7 Å². The van der Waals surface area contributed by atoms with Crippen molar-refractivity contribution in [3.8, 4) is 0 Å². The number of nitrogens with one attached hydrogen (secondary N) is 2. The summed E-state index contributed by atoms with van der Waals surface area (Å²) in [6.45, 7) is 5.20. The van der Waals surface area contributed by atoms with Crippen LogP contribution in [0.3, 0.4) is 0 Å². The lowest BCUT2D eigenvalue weighted by Crippen LogP contribution is -2.32. The third-order valence-corrected chi connectivity index (χ3v) is 5.09. The molecule has 2 aromatic heterocycles. The molecule has 1 aliphatic heterocycles. The zero-order chi connectivity index (χ0) is 22.5. The number of nitrogens with zero attached hydrogens (tertiary/aromatic N) is 5. The second kappa shape index (κ2) is 7.25. The Bertz CT molecular complexity index is 1210. The molecule has 0 aliphatic carbocycles. The summed E-state index contributed by atoms with van der Waals surface area (Å²) in [6, 6.07) is 6.31. The van der Waals surface area contributed by atoms with Crippen LogP contribution in [-0.4, -0.2) is 30.5 Å². The number of anilines is 2. The van der Waals surface area contributed by atoms with Gasteiger partial charge < -0.3 is 10.6 Å². The smallest absolute Gasteiger partial charge is 0.328 e. The van der Waals surface area contributed by atoms with Crippen molar-refractivity contribution in [3.05, 3.63) is 64.4 Å². The van der Waals surface area contributed by atoms with E-state index in [0.717, 1.165) is 10.2 Å². The fraction of sp³-hybridized carbons (Fsp3) is 0.300. The van der Waals surface area contributed by atoms with Crippen molar-refractivity contribution in [1.29, 1.82) is 0 Å². The van der Waals surface area contributed by atoms with E-state index in [0.29, 0.717) is 22.6 Å². The molecule has 4 rings (SSSR count). The third-order valence-electron chi connectivity index (χ3n) is 5.09. The first-order chi connectivity index (χ1) is 14.6. The summed E-state index contributed by atoms with van der Waals surface area (Å²) in [5.74, 6) is -1.83. The number of para-hydroxylation sites is 1. The average Bonchev–Trinajstić information content (AvgIpc) is 3.24. The quantitative estimate of drug-likeness (QED) is 0.662. The van der Waals surface area contributed by atoms with E-state index in [-0.39, 0.29) is 11.5 Å². The lowest BCUT2D eigenvalue weighted by Gasteiger charge is -2.28. The van der Waals surface area contributed by atoms with Crippen LogP contribution in [-0.2, 0) is 18.0 Å². The summed E-state index contributed by atoms with van der Waals surface area (Å²) >= 11 is 0. The lowest BCUT2D eigenvalue weighted by molar-refractivity contribution is -0.145. The van der Waals surface area contributed by atoms with Gasteiger partial charge in [-0.3, -0.25) is 9.48 Å². The van der Waals surface area contributed by atoms with Crippen molar-refractivity contribution in [2.24, 2.45) is 7.05 Å². The van der Waals surface area contributed by atoms with Gasteiger partial charge in [-0.25, -0.2) is 4.68 Å². The van der Waals surface area contributed by atoms with E-state index in [9.17, 15) is 18.0 Å². The molecule has 3 aromatic rings. The van der Waals surface area contributed by atoms with E-state index in [1.807, 2.05) is 19.1 Å². The normalized spacial score (nSPS) is 16.2. The Kier molecular flexibility index (Phi) is 4.83. The Morgan fingerprint density at radius 3 is 2.48 bits per heavy atom. The molecule has 0 radical (unpaired) electrons. The molecule has 11 heteroatoms. The van der Waals surface area contributed by atoms with E-state index < -0.39 is 23.9 Å². The summed E-state index contributed by atoms with van der Waals surface area (Å²) in [6.07, 6.45) is -3.06. The number of fused-ring (bicyclic) bond motifs is 1. The Morgan fingerprint density at radius 1 is 1.16 bits per heavy atom. The van der Waals surface area contributed by atoms with Gasteiger partial charge in [-0.1, -0.05) is 18.2 Å². The molecule has 2 N–H and O–H groups in total. The van der Waals surface area contributed by atoms with Crippen molar-refractivity contribution >= 4 is 17.5 Å². The van der Waals surface area contributed by atoms with Gasteiger partial charge in [-0.2, -0.15) is 23.3 Å². The molecule has 0 bridgehead atoms. The zero-order valence-corrected chi connectivity index (χ0v) is 17.2. The van der Waals surface area contributed by atoms with Gasteiger partial charge in [0.05, 0.1) is 11.3 Å². The number of aromatic nitrogens is 5. The highest BCUT2D eigenvalue weighted by Crippen LogP contribution is 2.38. The summed E-state index contributed by atoms with van der Waals surface area (Å²) in [4.78, 5) is 16.9. The molecule has 0 spiro atoms. The van der Waals surface area contributed by atoms with Gasteiger partial charge in [-0.15, -0.1) is 5.10 Å². The van der Waals surface area contributed by atoms with Gasteiger partial charge in [0.15, 0.2) is 0 Å². The number of hydrogen-bond donors (Lipinski definition) is 2. The van der Waals surface area contributed by atoms with Crippen LogP contribution in [0.4, 0.5) is 24.8 Å². The molecule has 1 aliphatic rings. The first-order valence-corrected chi connectivity index (χ1v) is 9.45. The van der Waals surface area contributed by atoms with Gasteiger partial charge in [0.2, 0.25) is 5.95 Å². The minimum Gasteiger partial charge on any atom is -0.328 e. The van der Waals surface area contributed by atoms with Crippen LogP contribution in [0.25, 0.3) is 0 Å². The van der Waals surface area contributed by atoms with Gasteiger partial charge in [0, 0.05) is 30.2 Å². The highest BCUT2D eigenvalue weighted by molar-refractivity contribution is 6.06. The Labute approximate surface area is 175 Å². The first-order valence-electron chi connectivity index (χ1n) is 9.45. The summed E-state index contributed by atoms with van der Waals surface area (Å²) < 4.78 is 42.5. The van der Waals surface area contributed by atoms with Gasteiger partial charge >= 0.3 is 6.18 Å². The zero-order valence-electron chi connectivity index (χ0n) is 17.2. The van der Waals surface area contributed by atoms with Crippen LogP contribution in [0.15, 0.2) is 41.7 Å². The fourth-order valence-corrected chi connectivity index (χ4v) is 3.64. The van der Waals surface area contributed by atoms with Crippen LogP contribution in [0.2, 0.25) is 0 Å². The molecule has 162 valence electrons. The topological polar surface area (TPSA) is 89.7 Å².